The average molecular weight is 270 g/mol. The number of hydrogen-bond donors (Lipinski definition) is 0. The van der Waals surface area contributed by atoms with Gasteiger partial charge >= 0.3 is 17.9 Å². The third kappa shape index (κ3) is 2.43. The minimum absolute atomic E-state index is 0.146. The Morgan fingerprint density at radius 2 is 2.00 bits per heavy atom. The molecule has 1 fully saturated rings. The van der Waals surface area contributed by atoms with Crippen LogP contribution < -0.4 is 0 Å². The fourth-order valence-corrected chi connectivity index (χ4v) is 1.83. The van der Waals surface area contributed by atoms with Crippen molar-refractivity contribution in [3.63, 3.8) is 0 Å². The van der Waals surface area contributed by atoms with E-state index in [-0.39, 0.29) is 12.0 Å². The second kappa shape index (κ2) is 4.95. The molecule has 0 saturated carbocycles. The molecule has 1 saturated heterocycles. The highest BCUT2D eigenvalue weighted by Gasteiger charge is 2.61. The second-order valence-corrected chi connectivity index (χ2v) is 4.17. The maximum Gasteiger partial charge on any atom is 0.382 e. The maximum absolute atomic E-state index is 13.6. The first-order valence-electron chi connectivity index (χ1n) is 5.81. The number of cyclic esters (lactones) is 1. The van der Waals surface area contributed by atoms with Gasteiger partial charge in [-0.25, -0.2) is 9.59 Å². The summed E-state index contributed by atoms with van der Waals surface area (Å²) in [6, 6.07) is 7.74. The van der Waals surface area contributed by atoms with Crippen LogP contribution in [0.4, 0.5) is 8.78 Å². The van der Waals surface area contributed by atoms with Crippen molar-refractivity contribution in [1.29, 1.82) is 0 Å². The molecule has 2 rings (SSSR count). The molecule has 0 radical (unpaired) electrons. The number of rotatable bonds is 3. The van der Waals surface area contributed by atoms with Gasteiger partial charge in [-0.2, -0.15) is 8.78 Å². The van der Waals surface area contributed by atoms with Crippen LogP contribution in [0.5, 0.6) is 0 Å². The number of hydrogen-bond acceptors (Lipinski definition) is 4. The number of esters is 2. The van der Waals surface area contributed by atoms with Crippen molar-refractivity contribution in [1.82, 2.24) is 0 Å². The molecule has 1 aromatic carbocycles. The van der Waals surface area contributed by atoms with Crippen molar-refractivity contribution in [3.8, 4) is 0 Å². The number of carbonyl (C=O) groups excluding carboxylic acids is 2. The summed E-state index contributed by atoms with van der Waals surface area (Å²) in [4.78, 5) is 22.8. The molecular formula is C13H12F2O4. The molecule has 1 heterocycles. The highest BCUT2D eigenvalue weighted by atomic mass is 19.3. The van der Waals surface area contributed by atoms with E-state index in [1.54, 1.807) is 25.1 Å². The summed E-state index contributed by atoms with van der Waals surface area (Å²) >= 11 is 0. The Bertz CT molecular complexity index is 487. The fourth-order valence-electron chi connectivity index (χ4n) is 1.83. The zero-order chi connectivity index (χ0) is 14.0. The third-order valence-corrected chi connectivity index (χ3v) is 2.87. The van der Waals surface area contributed by atoms with Gasteiger partial charge in [-0.1, -0.05) is 25.1 Å². The molecule has 0 spiro atoms. The summed E-state index contributed by atoms with van der Waals surface area (Å²) in [6.07, 6.45) is -2.85. The zero-order valence-corrected chi connectivity index (χ0v) is 10.1. The quantitative estimate of drug-likeness (QED) is 0.790. The molecule has 0 aliphatic carbocycles. The number of ether oxygens (including phenoxy) is 2. The lowest BCUT2D eigenvalue weighted by Gasteiger charge is -2.19. The van der Waals surface area contributed by atoms with Gasteiger partial charge in [0.2, 0.25) is 6.10 Å². The van der Waals surface area contributed by atoms with Crippen LogP contribution in [0.25, 0.3) is 0 Å². The molecule has 19 heavy (non-hydrogen) atoms. The van der Waals surface area contributed by atoms with Crippen LogP contribution in [-0.2, 0) is 14.3 Å². The van der Waals surface area contributed by atoms with Crippen molar-refractivity contribution in [3.05, 3.63) is 35.9 Å². The summed E-state index contributed by atoms with van der Waals surface area (Å²) in [5, 5.41) is 0. The van der Waals surface area contributed by atoms with Crippen LogP contribution in [0.1, 0.15) is 23.7 Å². The molecule has 6 heteroatoms. The summed E-state index contributed by atoms with van der Waals surface area (Å²) in [7, 11) is 0. The number of carbonyl (C=O) groups is 2. The van der Waals surface area contributed by atoms with Crippen molar-refractivity contribution in [2.24, 2.45) is 0 Å². The molecule has 1 aliphatic rings. The summed E-state index contributed by atoms with van der Waals surface area (Å²) in [5.74, 6) is -6.35. The van der Waals surface area contributed by atoms with E-state index in [0.717, 1.165) is 0 Å². The lowest BCUT2D eigenvalue weighted by atomic mass is 10.1. The topological polar surface area (TPSA) is 52.6 Å². The van der Waals surface area contributed by atoms with Crippen LogP contribution in [0.15, 0.2) is 30.3 Å². The van der Waals surface area contributed by atoms with Crippen molar-refractivity contribution in [2.45, 2.75) is 31.5 Å². The first-order valence-corrected chi connectivity index (χ1v) is 5.81. The molecule has 1 unspecified atom stereocenters. The highest BCUT2D eigenvalue weighted by Crippen LogP contribution is 2.35. The molecule has 0 bridgehead atoms. The van der Waals surface area contributed by atoms with Crippen molar-refractivity contribution < 1.29 is 27.8 Å². The first kappa shape index (κ1) is 13.5. The molecule has 0 aromatic heterocycles. The molecule has 0 amide bonds. The maximum atomic E-state index is 13.6. The van der Waals surface area contributed by atoms with Gasteiger partial charge in [0.25, 0.3) is 0 Å². The Hall–Kier alpha value is -1.98. The summed E-state index contributed by atoms with van der Waals surface area (Å²) in [5.41, 5.74) is 0.146. The molecular weight excluding hydrogens is 258 g/mol. The van der Waals surface area contributed by atoms with E-state index >= 15 is 0 Å². The smallest absolute Gasteiger partial charge is 0.382 e. The van der Waals surface area contributed by atoms with E-state index in [0.29, 0.717) is 0 Å². The second-order valence-electron chi connectivity index (χ2n) is 4.17. The largest absolute Gasteiger partial charge is 0.454 e. The standard InChI is InChI=1S/C13H12F2O4/c1-2-9-10(13(14,15)12(17)18-9)19-11(16)8-6-4-3-5-7-8/h3-7,9-10H,2H2,1H3/t9-,10?/m1/s1. The van der Waals surface area contributed by atoms with E-state index in [9.17, 15) is 18.4 Å². The van der Waals surface area contributed by atoms with Gasteiger partial charge in [0, 0.05) is 0 Å². The van der Waals surface area contributed by atoms with Gasteiger partial charge in [0.05, 0.1) is 5.56 Å². The lowest BCUT2D eigenvalue weighted by Crippen LogP contribution is -2.41. The summed E-state index contributed by atoms with van der Waals surface area (Å²) in [6.45, 7) is 1.57. The van der Waals surface area contributed by atoms with E-state index in [1.807, 2.05) is 0 Å². The lowest BCUT2D eigenvalue weighted by molar-refractivity contribution is -0.162. The number of halogens is 2. The number of alkyl halides is 2. The van der Waals surface area contributed by atoms with Gasteiger partial charge in [0.1, 0.15) is 6.10 Å². The number of benzene rings is 1. The van der Waals surface area contributed by atoms with Crippen LogP contribution in [0.3, 0.4) is 0 Å². The van der Waals surface area contributed by atoms with Gasteiger partial charge < -0.3 is 9.47 Å². The Kier molecular flexibility index (Phi) is 3.50. The van der Waals surface area contributed by atoms with Crippen molar-refractivity contribution >= 4 is 11.9 Å². The van der Waals surface area contributed by atoms with E-state index < -0.39 is 30.1 Å². The van der Waals surface area contributed by atoms with Gasteiger partial charge in [-0.05, 0) is 18.6 Å². The summed E-state index contributed by atoms with van der Waals surface area (Å²) < 4.78 is 36.4. The minimum Gasteiger partial charge on any atom is -0.454 e. The Balaban J connectivity index is 2.17. The minimum atomic E-state index is -3.80. The molecule has 4 nitrogen and oxygen atoms in total. The average Bonchev–Trinajstić information content (AvgIpc) is 2.63. The van der Waals surface area contributed by atoms with Gasteiger partial charge in [-0.3, -0.25) is 0 Å². The van der Waals surface area contributed by atoms with E-state index in [2.05, 4.69) is 4.74 Å². The Morgan fingerprint density at radius 3 is 2.58 bits per heavy atom. The Labute approximate surface area is 108 Å². The van der Waals surface area contributed by atoms with Crippen LogP contribution in [0.2, 0.25) is 0 Å². The van der Waals surface area contributed by atoms with Crippen LogP contribution >= 0.6 is 0 Å². The first-order chi connectivity index (χ1) is 8.96. The molecule has 2 atom stereocenters. The SMILES string of the molecule is CC[C@H]1OC(=O)C(F)(F)C1OC(=O)c1ccccc1. The predicted octanol–water partition coefficient (Wildman–Crippen LogP) is 2.18. The highest BCUT2D eigenvalue weighted by molar-refractivity contribution is 5.90. The monoisotopic (exact) mass is 270 g/mol. The fraction of sp³-hybridized carbons (Fsp3) is 0.385. The van der Waals surface area contributed by atoms with Gasteiger partial charge in [-0.15, -0.1) is 0 Å². The van der Waals surface area contributed by atoms with E-state index in [4.69, 9.17) is 4.74 Å². The van der Waals surface area contributed by atoms with Crippen molar-refractivity contribution in [2.75, 3.05) is 0 Å². The molecule has 1 aliphatic heterocycles. The molecule has 1 aromatic rings. The molecule has 102 valence electrons. The van der Waals surface area contributed by atoms with Crippen LogP contribution in [0, 0.1) is 0 Å². The Morgan fingerprint density at radius 1 is 1.37 bits per heavy atom. The zero-order valence-electron chi connectivity index (χ0n) is 10.1. The third-order valence-electron chi connectivity index (χ3n) is 2.87. The predicted molar refractivity (Wildman–Crippen MR) is 60.8 cm³/mol. The van der Waals surface area contributed by atoms with Crippen LogP contribution in [-0.4, -0.2) is 30.1 Å². The molecule has 0 N–H and O–H groups in total. The normalized spacial score (nSPS) is 24.9. The van der Waals surface area contributed by atoms with E-state index in [1.165, 1.54) is 12.1 Å². The van der Waals surface area contributed by atoms with Gasteiger partial charge in [0.15, 0.2) is 0 Å².